The summed E-state index contributed by atoms with van der Waals surface area (Å²) in [6.07, 6.45) is 0.923. The second-order valence-electron chi connectivity index (χ2n) is 6.90. The monoisotopic (exact) mass is 379 g/mol. The molecule has 0 saturated carbocycles. The first-order valence-corrected chi connectivity index (χ1v) is 9.31. The summed E-state index contributed by atoms with van der Waals surface area (Å²) in [5.41, 5.74) is 6.63. The number of aryl methyl sites for hydroxylation is 1. The second kappa shape index (κ2) is 7.11. The largest absolute Gasteiger partial charge is 0.493 e. The van der Waals surface area contributed by atoms with Crippen molar-refractivity contribution in [1.29, 1.82) is 0 Å². The minimum absolute atomic E-state index is 0.581. The first-order chi connectivity index (χ1) is 13.6. The predicted molar refractivity (Wildman–Crippen MR) is 110 cm³/mol. The maximum absolute atomic E-state index is 5.53. The van der Waals surface area contributed by atoms with Crippen molar-refractivity contribution < 1.29 is 14.2 Å². The van der Waals surface area contributed by atoms with Gasteiger partial charge in [-0.2, -0.15) is 5.10 Å². The van der Waals surface area contributed by atoms with Crippen LogP contribution in [-0.2, 0) is 6.42 Å². The molecular weight excluding hydrogens is 354 g/mol. The molecule has 0 fully saturated rings. The van der Waals surface area contributed by atoms with Gasteiger partial charge in [-0.15, -0.1) is 0 Å². The Labute approximate surface area is 165 Å². The second-order valence-corrected chi connectivity index (χ2v) is 6.90. The van der Waals surface area contributed by atoms with Crippen LogP contribution in [0.2, 0.25) is 0 Å². The molecule has 0 bridgehead atoms. The minimum atomic E-state index is 0.581. The van der Waals surface area contributed by atoms with E-state index in [1.165, 1.54) is 16.7 Å². The van der Waals surface area contributed by atoms with Crippen LogP contribution in [0.4, 0.5) is 5.82 Å². The normalized spacial score (nSPS) is 12.5. The number of hydrogen-bond acceptors (Lipinski definition) is 5. The van der Waals surface area contributed by atoms with Crippen molar-refractivity contribution in [2.75, 3.05) is 33.2 Å². The molecule has 0 amide bonds. The number of fused-ring (bicyclic) bond motifs is 1. The van der Waals surface area contributed by atoms with Crippen molar-refractivity contribution in [3.63, 3.8) is 0 Å². The molecule has 0 radical (unpaired) electrons. The van der Waals surface area contributed by atoms with Crippen LogP contribution in [-0.4, -0.2) is 37.7 Å². The predicted octanol–water partition coefficient (Wildman–Crippen LogP) is 4.15. The van der Waals surface area contributed by atoms with E-state index in [9.17, 15) is 0 Å². The first-order valence-electron chi connectivity index (χ1n) is 9.31. The number of nitrogens with one attached hydrogen (secondary N) is 1. The molecule has 0 aliphatic carbocycles. The van der Waals surface area contributed by atoms with Crippen molar-refractivity contribution in [2.45, 2.75) is 20.3 Å². The number of nitrogens with zero attached hydrogens (tertiary/aromatic N) is 2. The zero-order valence-corrected chi connectivity index (χ0v) is 16.9. The molecule has 1 aliphatic rings. The highest BCUT2D eigenvalue weighted by Gasteiger charge is 2.26. The summed E-state index contributed by atoms with van der Waals surface area (Å²) in [7, 11) is 4.86. The lowest BCUT2D eigenvalue weighted by molar-refractivity contribution is 0.324. The van der Waals surface area contributed by atoms with Gasteiger partial charge in [-0.05, 0) is 49.6 Å². The summed E-state index contributed by atoms with van der Waals surface area (Å²) in [5.74, 6) is 2.88. The molecule has 146 valence electrons. The van der Waals surface area contributed by atoms with E-state index in [2.05, 4.69) is 37.4 Å². The van der Waals surface area contributed by atoms with Crippen LogP contribution < -0.4 is 19.5 Å². The van der Waals surface area contributed by atoms with Gasteiger partial charge in [-0.1, -0.05) is 12.1 Å². The molecule has 4 rings (SSSR count). The highest BCUT2D eigenvalue weighted by atomic mass is 16.5. The van der Waals surface area contributed by atoms with Crippen LogP contribution in [0.5, 0.6) is 17.2 Å². The third-order valence-corrected chi connectivity index (χ3v) is 5.39. The number of anilines is 1. The molecular formula is C22H25N3O3. The lowest BCUT2D eigenvalue weighted by Gasteiger charge is -2.14. The molecule has 3 aromatic rings. The Morgan fingerprint density at radius 3 is 2.36 bits per heavy atom. The molecule has 0 saturated heterocycles. The van der Waals surface area contributed by atoms with Crippen LogP contribution in [0.3, 0.4) is 0 Å². The van der Waals surface area contributed by atoms with Crippen molar-refractivity contribution in [2.24, 2.45) is 0 Å². The molecule has 0 atom stereocenters. The fraction of sp³-hybridized carbons (Fsp3) is 0.318. The molecule has 1 N–H and O–H groups in total. The minimum Gasteiger partial charge on any atom is -0.493 e. The summed E-state index contributed by atoms with van der Waals surface area (Å²) in [5, 5.41) is 8.48. The van der Waals surface area contributed by atoms with Crippen LogP contribution in [0.25, 0.3) is 16.9 Å². The van der Waals surface area contributed by atoms with E-state index in [1.807, 2.05) is 16.8 Å². The quantitative estimate of drug-likeness (QED) is 0.722. The Hall–Kier alpha value is -3.15. The third-order valence-electron chi connectivity index (χ3n) is 5.39. The van der Waals surface area contributed by atoms with Gasteiger partial charge in [-0.25, -0.2) is 4.68 Å². The van der Waals surface area contributed by atoms with Crippen LogP contribution >= 0.6 is 0 Å². The molecule has 1 aliphatic heterocycles. The first kappa shape index (κ1) is 18.2. The standard InChI is InChI=1S/C22H25N3O3/c1-13-7-6-8-17(14(13)2)25-22-16(9-10-23-22)20(24-25)15-11-18(26-3)21(28-5)19(12-15)27-4/h6-8,11-12,23H,9-10H2,1-5H3. The molecule has 6 nitrogen and oxygen atoms in total. The summed E-state index contributed by atoms with van der Waals surface area (Å²) >= 11 is 0. The maximum atomic E-state index is 5.53. The number of ether oxygens (including phenoxy) is 3. The third kappa shape index (κ3) is 2.76. The van der Waals surface area contributed by atoms with Crippen molar-refractivity contribution in [3.8, 4) is 34.2 Å². The lowest BCUT2D eigenvalue weighted by atomic mass is 10.1. The highest BCUT2D eigenvalue weighted by Crippen LogP contribution is 2.43. The van der Waals surface area contributed by atoms with E-state index in [-0.39, 0.29) is 0 Å². The molecule has 6 heteroatoms. The van der Waals surface area contributed by atoms with Crippen LogP contribution in [0.15, 0.2) is 30.3 Å². The van der Waals surface area contributed by atoms with Gasteiger partial charge in [-0.3, -0.25) is 0 Å². The Morgan fingerprint density at radius 2 is 1.71 bits per heavy atom. The van der Waals surface area contributed by atoms with E-state index >= 15 is 0 Å². The van der Waals surface area contributed by atoms with Crippen molar-refractivity contribution in [3.05, 3.63) is 47.0 Å². The topological polar surface area (TPSA) is 57.5 Å². The Balaban J connectivity index is 1.92. The fourth-order valence-corrected chi connectivity index (χ4v) is 3.76. The van der Waals surface area contributed by atoms with E-state index in [0.717, 1.165) is 35.7 Å². The van der Waals surface area contributed by atoms with Crippen LogP contribution in [0, 0.1) is 13.8 Å². The van der Waals surface area contributed by atoms with Gasteiger partial charge in [0.15, 0.2) is 11.5 Å². The van der Waals surface area contributed by atoms with E-state index in [4.69, 9.17) is 19.3 Å². The smallest absolute Gasteiger partial charge is 0.203 e. The number of methoxy groups -OCH3 is 3. The van der Waals surface area contributed by atoms with Gasteiger partial charge in [0.2, 0.25) is 5.75 Å². The molecule has 2 heterocycles. The summed E-state index contributed by atoms with van der Waals surface area (Å²) in [6, 6.07) is 10.2. The highest BCUT2D eigenvalue weighted by molar-refractivity contribution is 5.76. The van der Waals surface area contributed by atoms with Gasteiger partial charge >= 0.3 is 0 Å². The summed E-state index contributed by atoms with van der Waals surface area (Å²) < 4.78 is 18.5. The summed E-state index contributed by atoms with van der Waals surface area (Å²) in [4.78, 5) is 0. The molecule has 0 unspecified atom stereocenters. The van der Waals surface area contributed by atoms with Crippen molar-refractivity contribution >= 4 is 5.82 Å². The molecule has 28 heavy (non-hydrogen) atoms. The van der Waals surface area contributed by atoms with Gasteiger partial charge in [0, 0.05) is 17.7 Å². The van der Waals surface area contributed by atoms with Gasteiger partial charge in [0.05, 0.1) is 32.7 Å². The average Bonchev–Trinajstić information content (AvgIpc) is 3.32. The number of benzene rings is 2. The Bertz CT molecular complexity index is 1010. The molecule has 1 aromatic heterocycles. The zero-order chi connectivity index (χ0) is 19.8. The number of rotatable bonds is 5. The van der Waals surface area contributed by atoms with Gasteiger partial charge in [0.25, 0.3) is 0 Å². The SMILES string of the molecule is COc1cc(-c2nn(-c3cccc(C)c3C)c3c2CCN3)cc(OC)c1OC. The maximum Gasteiger partial charge on any atom is 0.203 e. The zero-order valence-electron chi connectivity index (χ0n) is 16.9. The Kier molecular flexibility index (Phi) is 4.63. The molecule has 2 aromatic carbocycles. The van der Waals surface area contributed by atoms with Gasteiger partial charge in [0.1, 0.15) is 5.82 Å². The van der Waals surface area contributed by atoms with E-state index in [1.54, 1.807) is 21.3 Å². The molecule has 0 spiro atoms. The average molecular weight is 379 g/mol. The summed E-state index contributed by atoms with van der Waals surface area (Å²) in [6.45, 7) is 5.15. The van der Waals surface area contributed by atoms with Crippen molar-refractivity contribution in [1.82, 2.24) is 9.78 Å². The number of hydrogen-bond donors (Lipinski definition) is 1. The fourth-order valence-electron chi connectivity index (χ4n) is 3.76. The van der Waals surface area contributed by atoms with Crippen LogP contribution in [0.1, 0.15) is 16.7 Å². The van der Waals surface area contributed by atoms with E-state index in [0.29, 0.717) is 17.2 Å². The van der Waals surface area contributed by atoms with E-state index < -0.39 is 0 Å². The number of aromatic nitrogens is 2. The van der Waals surface area contributed by atoms with Gasteiger partial charge < -0.3 is 19.5 Å². The lowest BCUT2D eigenvalue weighted by Crippen LogP contribution is -2.06. The Morgan fingerprint density at radius 1 is 1.00 bits per heavy atom.